The SMILES string of the molecule is N#Cc1cc(OC2CCC(N)CC2)ccc1[N+](=O)[O-]. The van der Waals surface area contributed by atoms with Crippen molar-refractivity contribution in [3.8, 4) is 11.8 Å². The molecule has 1 aromatic rings. The van der Waals surface area contributed by atoms with Crippen molar-refractivity contribution in [1.29, 1.82) is 5.26 Å². The molecule has 1 saturated carbocycles. The van der Waals surface area contributed by atoms with E-state index in [0.717, 1.165) is 25.7 Å². The van der Waals surface area contributed by atoms with Crippen LogP contribution in [0.2, 0.25) is 0 Å². The maximum Gasteiger partial charge on any atom is 0.287 e. The average molecular weight is 261 g/mol. The number of nitro benzene ring substituents is 1. The van der Waals surface area contributed by atoms with E-state index in [2.05, 4.69) is 0 Å². The molecule has 0 aromatic heterocycles. The molecule has 0 spiro atoms. The predicted octanol–water partition coefficient (Wildman–Crippen LogP) is 2.12. The summed E-state index contributed by atoms with van der Waals surface area (Å²) < 4.78 is 5.75. The van der Waals surface area contributed by atoms with E-state index < -0.39 is 4.92 Å². The molecule has 1 fully saturated rings. The first kappa shape index (κ1) is 13.3. The second-order valence-corrected chi connectivity index (χ2v) is 4.70. The summed E-state index contributed by atoms with van der Waals surface area (Å²) in [5.41, 5.74) is 5.64. The van der Waals surface area contributed by atoms with Gasteiger partial charge in [0, 0.05) is 18.2 Å². The molecular formula is C13H15N3O3. The molecule has 0 atom stereocenters. The lowest BCUT2D eigenvalue weighted by Gasteiger charge is -2.26. The molecule has 2 rings (SSSR count). The van der Waals surface area contributed by atoms with Gasteiger partial charge in [0.1, 0.15) is 17.4 Å². The van der Waals surface area contributed by atoms with Gasteiger partial charge in [-0.3, -0.25) is 10.1 Å². The molecule has 0 radical (unpaired) electrons. The first-order chi connectivity index (χ1) is 9.10. The van der Waals surface area contributed by atoms with Crippen molar-refractivity contribution in [1.82, 2.24) is 0 Å². The van der Waals surface area contributed by atoms with Crippen LogP contribution in [0.25, 0.3) is 0 Å². The van der Waals surface area contributed by atoms with Crippen molar-refractivity contribution in [3.05, 3.63) is 33.9 Å². The van der Waals surface area contributed by atoms with E-state index in [0.29, 0.717) is 5.75 Å². The molecule has 6 heteroatoms. The third kappa shape index (κ3) is 3.20. The molecule has 1 aliphatic carbocycles. The Labute approximate surface area is 110 Å². The minimum atomic E-state index is -0.567. The van der Waals surface area contributed by atoms with Gasteiger partial charge in [0.15, 0.2) is 0 Å². The second kappa shape index (κ2) is 5.67. The molecule has 0 saturated heterocycles. The summed E-state index contributed by atoms with van der Waals surface area (Å²) >= 11 is 0. The van der Waals surface area contributed by atoms with Crippen molar-refractivity contribution in [3.63, 3.8) is 0 Å². The topological polar surface area (TPSA) is 102 Å². The van der Waals surface area contributed by atoms with Crippen LogP contribution in [-0.4, -0.2) is 17.1 Å². The number of nitrogens with two attached hydrogens (primary N) is 1. The van der Waals surface area contributed by atoms with Gasteiger partial charge in [-0.15, -0.1) is 0 Å². The van der Waals surface area contributed by atoms with Gasteiger partial charge in [-0.25, -0.2) is 0 Å². The lowest BCUT2D eigenvalue weighted by Crippen LogP contribution is -2.31. The molecule has 0 bridgehead atoms. The van der Waals surface area contributed by atoms with Crippen LogP contribution in [0.3, 0.4) is 0 Å². The van der Waals surface area contributed by atoms with Crippen LogP contribution in [-0.2, 0) is 0 Å². The molecule has 0 aliphatic heterocycles. The Kier molecular flexibility index (Phi) is 3.97. The zero-order valence-electron chi connectivity index (χ0n) is 10.4. The normalized spacial score (nSPS) is 22.5. The zero-order valence-corrected chi connectivity index (χ0v) is 10.4. The van der Waals surface area contributed by atoms with Crippen LogP contribution in [0.5, 0.6) is 5.75 Å². The third-order valence-corrected chi connectivity index (χ3v) is 3.31. The van der Waals surface area contributed by atoms with Gasteiger partial charge < -0.3 is 10.5 Å². The number of hydrogen-bond acceptors (Lipinski definition) is 5. The average Bonchev–Trinajstić information content (AvgIpc) is 2.41. The Morgan fingerprint density at radius 2 is 2.05 bits per heavy atom. The highest BCUT2D eigenvalue weighted by Gasteiger charge is 2.21. The lowest BCUT2D eigenvalue weighted by atomic mass is 9.94. The number of hydrogen-bond donors (Lipinski definition) is 1. The van der Waals surface area contributed by atoms with Crippen LogP contribution < -0.4 is 10.5 Å². The van der Waals surface area contributed by atoms with E-state index in [-0.39, 0.29) is 23.4 Å². The van der Waals surface area contributed by atoms with E-state index in [9.17, 15) is 10.1 Å². The number of rotatable bonds is 3. The first-order valence-electron chi connectivity index (χ1n) is 6.21. The van der Waals surface area contributed by atoms with Gasteiger partial charge >= 0.3 is 0 Å². The fourth-order valence-corrected chi connectivity index (χ4v) is 2.24. The van der Waals surface area contributed by atoms with Crippen molar-refractivity contribution >= 4 is 5.69 Å². The zero-order chi connectivity index (χ0) is 13.8. The van der Waals surface area contributed by atoms with E-state index in [1.54, 1.807) is 0 Å². The summed E-state index contributed by atoms with van der Waals surface area (Å²) in [4.78, 5) is 10.2. The molecule has 19 heavy (non-hydrogen) atoms. The fraction of sp³-hybridized carbons (Fsp3) is 0.462. The van der Waals surface area contributed by atoms with Crippen molar-refractivity contribution in [2.45, 2.75) is 37.8 Å². The highest BCUT2D eigenvalue weighted by molar-refractivity contribution is 5.52. The molecule has 6 nitrogen and oxygen atoms in total. The maximum absolute atomic E-state index is 10.7. The number of nitrogens with zero attached hydrogens (tertiary/aromatic N) is 2. The fourth-order valence-electron chi connectivity index (χ4n) is 2.24. The van der Waals surface area contributed by atoms with Crippen molar-refractivity contribution in [2.75, 3.05) is 0 Å². The summed E-state index contributed by atoms with van der Waals surface area (Å²) in [5, 5.41) is 19.6. The molecule has 1 aromatic carbocycles. The van der Waals surface area contributed by atoms with E-state index >= 15 is 0 Å². The molecule has 100 valence electrons. The Bertz CT molecular complexity index is 516. The second-order valence-electron chi connectivity index (χ2n) is 4.70. The van der Waals surface area contributed by atoms with Gasteiger partial charge in [-0.2, -0.15) is 5.26 Å². The Morgan fingerprint density at radius 3 is 2.63 bits per heavy atom. The molecule has 0 unspecified atom stereocenters. The van der Waals surface area contributed by atoms with Crippen LogP contribution >= 0.6 is 0 Å². The summed E-state index contributed by atoms with van der Waals surface area (Å²) in [7, 11) is 0. The maximum atomic E-state index is 10.7. The molecule has 1 aliphatic rings. The highest BCUT2D eigenvalue weighted by Crippen LogP contribution is 2.27. The Morgan fingerprint density at radius 1 is 1.37 bits per heavy atom. The standard InChI is InChI=1S/C13H15N3O3/c14-8-9-7-12(5-6-13(9)16(17)18)19-11-3-1-10(15)2-4-11/h5-7,10-11H,1-4,15H2. The van der Waals surface area contributed by atoms with Gasteiger partial charge in [0.05, 0.1) is 11.0 Å². The Hall–Kier alpha value is -2.13. The van der Waals surface area contributed by atoms with Crippen LogP contribution in [0.15, 0.2) is 18.2 Å². The van der Waals surface area contributed by atoms with Crippen molar-refractivity contribution in [2.24, 2.45) is 5.73 Å². The number of nitriles is 1. The van der Waals surface area contributed by atoms with Gasteiger partial charge in [0.25, 0.3) is 5.69 Å². The summed E-state index contributed by atoms with van der Waals surface area (Å²) in [6.45, 7) is 0. The van der Waals surface area contributed by atoms with Crippen LogP contribution in [0, 0.1) is 21.4 Å². The van der Waals surface area contributed by atoms with Crippen molar-refractivity contribution < 1.29 is 9.66 Å². The van der Waals surface area contributed by atoms with E-state index in [1.165, 1.54) is 18.2 Å². The Balaban J connectivity index is 2.09. The molecule has 2 N–H and O–H groups in total. The summed E-state index contributed by atoms with van der Waals surface area (Å²) in [6, 6.07) is 6.33. The highest BCUT2D eigenvalue weighted by atomic mass is 16.6. The van der Waals surface area contributed by atoms with Crippen LogP contribution in [0.4, 0.5) is 5.69 Å². The molecule has 0 amide bonds. The van der Waals surface area contributed by atoms with E-state index in [4.69, 9.17) is 15.7 Å². The number of ether oxygens (including phenoxy) is 1. The minimum absolute atomic E-state index is 0.0232. The van der Waals surface area contributed by atoms with Gasteiger partial charge in [-0.1, -0.05) is 0 Å². The van der Waals surface area contributed by atoms with Crippen LogP contribution in [0.1, 0.15) is 31.2 Å². The third-order valence-electron chi connectivity index (χ3n) is 3.31. The first-order valence-corrected chi connectivity index (χ1v) is 6.21. The van der Waals surface area contributed by atoms with E-state index in [1.807, 2.05) is 6.07 Å². The monoisotopic (exact) mass is 261 g/mol. The largest absolute Gasteiger partial charge is 0.490 e. The predicted molar refractivity (Wildman–Crippen MR) is 68.7 cm³/mol. The minimum Gasteiger partial charge on any atom is -0.490 e. The summed E-state index contributed by atoms with van der Waals surface area (Å²) in [6.07, 6.45) is 3.67. The molecule has 0 heterocycles. The number of benzene rings is 1. The van der Waals surface area contributed by atoms with Gasteiger partial charge in [0.2, 0.25) is 0 Å². The summed E-state index contributed by atoms with van der Waals surface area (Å²) in [5.74, 6) is 0.502. The van der Waals surface area contributed by atoms with Gasteiger partial charge in [-0.05, 0) is 31.7 Å². The number of nitro groups is 1. The quantitative estimate of drug-likeness (QED) is 0.663. The molecular weight excluding hydrogens is 246 g/mol. The smallest absolute Gasteiger partial charge is 0.287 e. The lowest BCUT2D eigenvalue weighted by molar-refractivity contribution is -0.385.